The topological polar surface area (TPSA) is 29.1 Å². The van der Waals surface area contributed by atoms with Gasteiger partial charge in [-0.3, -0.25) is 4.79 Å². The monoisotopic (exact) mass is 247 g/mol. The van der Waals surface area contributed by atoms with E-state index < -0.39 is 0 Å². The lowest BCUT2D eigenvalue weighted by Crippen LogP contribution is -2.46. The summed E-state index contributed by atoms with van der Waals surface area (Å²) in [5.41, 5.74) is -0.0107. The van der Waals surface area contributed by atoms with E-state index in [4.69, 9.17) is 0 Å². The van der Waals surface area contributed by atoms with E-state index in [1.807, 2.05) is 0 Å². The molecule has 0 aromatic heterocycles. The SMILES string of the molecule is CCC(C)(CCBr)NC(=O)C1CC1. The largest absolute Gasteiger partial charge is 0.351 e. The Morgan fingerprint density at radius 3 is 2.62 bits per heavy atom. The van der Waals surface area contributed by atoms with Gasteiger partial charge in [-0.2, -0.15) is 0 Å². The summed E-state index contributed by atoms with van der Waals surface area (Å²) in [7, 11) is 0. The van der Waals surface area contributed by atoms with Crippen molar-refractivity contribution in [1.29, 1.82) is 0 Å². The Bertz CT molecular complexity index is 191. The molecule has 0 aromatic carbocycles. The number of halogens is 1. The molecule has 1 fully saturated rings. The van der Waals surface area contributed by atoms with Gasteiger partial charge in [0.2, 0.25) is 5.91 Å². The van der Waals surface area contributed by atoms with Crippen molar-refractivity contribution in [1.82, 2.24) is 5.32 Å². The number of carbonyl (C=O) groups excluding carboxylic acids is 1. The van der Waals surface area contributed by atoms with Crippen molar-refractivity contribution in [2.24, 2.45) is 5.92 Å². The molecule has 0 saturated heterocycles. The first-order valence-corrected chi connectivity index (χ1v) is 6.11. The first kappa shape index (κ1) is 11.0. The maximum atomic E-state index is 11.5. The molecule has 0 radical (unpaired) electrons. The van der Waals surface area contributed by atoms with Gasteiger partial charge < -0.3 is 5.32 Å². The summed E-state index contributed by atoms with van der Waals surface area (Å²) < 4.78 is 0. The van der Waals surface area contributed by atoms with Crippen LogP contribution in [0, 0.1) is 5.92 Å². The van der Waals surface area contributed by atoms with E-state index in [-0.39, 0.29) is 11.4 Å². The Hall–Kier alpha value is -0.0500. The molecular formula is C10H18BrNO. The van der Waals surface area contributed by atoms with Crippen LogP contribution in [0.25, 0.3) is 0 Å². The zero-order chi connectivity index (χ0) is 9.90. The van der Waals surface area contributed by atoms with E-state index in [1.54, 1.807) is 0 Å². The Morgan fingerprint density at radius 2 is 2.23 bits per heavy atom. The van der Waals surface area contributed by atoms with Crippen LogP contribution in [-0.4, -0.2) is 16.8 Å². The second kappa shape index (κ2) is 4.45. The highest BCUT2D eigenvalue weighted by atomic mass is 79.9. The molecule has 1 aliphatic rings. The lowest BCUT2D eigenvalue weighted by atomic mass is 9.95. The minimum atomic E-state index is -0.0107. The summed E-state index contributed by atoms with van der Waals surface area (Å²) in [5.74, 6) is 0.575. The number of alkyl halides is 1. The van der Waals surface area contributed by atoms with Gasteiger partial charge in [-0.25, -0.2) is 0 Å². The quantitative estimate of drug-likeness (QED) is 0.744. The summed E-state index contributed by atoms with van der Waals surface area (Å²) in [6, 6.07) is 0. The summed E-state index contributed by atoms with van der Waals surface area (Å²) >= 11 is 3.42. The highest BCUT2D eigenvalue weighted by Gasteiger charge is 2.33. The molecule has 0 bridgehead atoms. The van der Waals surface area contributed by atoms with E-state index in [0.717, 1.165) is 31.0 Å². The number of hydrogen-bond acceptors (Lipinski definition) is 1. The van der Waals surface area contributed by atoms with Crippen molar-refractivity contribution in [2.75, 3.05) is 5.33 Å². The van der Waals surface area contributed by atoms with E-state index in [0.29, 0.717) is 5.92 Å². The molecule has 0 spiro atoms. The molecule has 0 aromatic rings. The van der Waals surface area contributed by atoms with Crippen molar-refractivity contribution in [3.05, 3.63) is 0 Å². The van der Waals surface area contributed by atoms with Gasteiger partial charge in [0.05, 0.1) is 0 Å². The van der Waals surface area contributed by atoms with E-state index in [2.05, 4.69) is 35.1 Å². The Balaban J connectivity index is 2.40. The number of amides is 1. The third kappa shape index (κ3) is 3.29. The molecule has 13 heavy (non-hydrogen) atoms. The van der Waals surface area contributed by atoms with Crippen LogP contribution in [0.3, 0.4) is 0 Å². The molecule has 76 valence electrons. The first-order chi connectivity index (χ1) is 6.11. The lowest BCUT2D eigenvalue weighted by molar-refractivity contribution is -0.124. The number of hydrogen-bond donors (Lipinski definition) is 1. The molecule has 1 unspecified atom stereocenters. The van der Waals surface area contributed by atoms with Gasteiger partial charge >= 0.3 is 0 Å². The fourth-order valence-electron chi connectivity index (χ4n) is 1.28. The molecule has 1 N–H and O–H groups in total. The normalized spacial score (nSPS) is 20.8. The predicted octanol–water partition coefficient (Wildman–Crippen LogP) is 2.47. The minimum absolute atomic E-state index is 0.0107. The van der Waals surface area contributed by atoms with Crippen LogP contribution in [0.1, 0.15) is 39.5 Å². The maximum Gasteiger partial charge on any atom is 0.223 e. The second-order valence-electron chi connectivity index (χ2n) is 4.12. The van der Waals surface area contributed by atoms with E-state index >= 15 is 0 Å². The highest BCUT2D eigenvalue weighted by Crippen LogP contribution is 2.30. The number of rotatable bonds is 5. The third-order valence-corrected chi connectivity index (χ3v) is 3.20. The third-order valence-electron chi connectivity index (χ3n) is 2.80. The summed E-state index contributed by atoms with van der Waals surface area (Å²) in [6.07, 6.45) is 4.17. The predicted molar refractivity (Wildman–Crippen MR) is 58.0 cm³/mol. The van der Waals surface area contributed by atoms with Crippen molar-refractivity contribution in [2.45, 2.75) is 45.1 Å². The van der Waals surface area contributed by atoms with Gasteiger partial charge in [0.15, 0.2) is 0 Å². The lowest BCUT2D eigenvalue weighted by Gasteiger charge is -2.29. The summed E-state index contributed by atoms with van der Waals surface area (Å²) in [5, 5.41) is 4.08. The van der Waals surface area contributed by atoms with Crippen molar-refractivity contribution in [3.8, 4) is 0 Å². The second-order valence-corrected chi connectivity index (χ2v) is 4.91. The first-order valence-electron chi connectivity index (χ1n) is 4.99. The number of nitrogens with one attached hydrogen (secondary N) is 1. The zero-order valence-corrected chi connectivity index (χ0v) is 9.99. The standard InChI is InChI=1S/C10H18BrNO/c1-3-10(2,6-7-11)12-9(13)8-4-5-8/h8H,3-7H2,1-2H3,(H,12,13). The van der Waals surface area contributed by atoms with Crippen LogP contribution in [0.4, 0.5) is 0 Å². The van der Waals surface area contributed by atoms with Gasteiger partial charge in [-0.15, -0.1) is 0 Å². The van der Waals surface area contributed by atoms with Crippen LogP contribution in [0.2, 0.25) is 0 Å². The van der Waals surface area contributed by atoms with Crippen molar-refractivity contribution < 1.29 is 4.79 Å². The molecular weight excluding hydrogens is 230 g/mol. The van der Waals surface area contributed by atoms with E-state index in [1.165, 1.54) is 0 Å². The maximum absolute atomic E-state index is 11.5. The van der Waals surface area contributed by atoms with Crippen LogP contribution in [0.15, 0.2) is 0 Å². The van der Waals surface area contributed by atoms with E-state index in [9.17, 15) is 4.79 Å². The highest BCUT2D eigenvalue weighted by molar-refractivity contribution is 9.09. The van der Waals surface area contributed by atoms with Gasteiger partial charge in [-0.1, -0.05) is 22.9 Å². The zero-order valence-electron chi connectivity index (χ0n) is 8.40. The molecule has 3 heteroatoms. The van der Waals surface area contributed by atoms with Crippen molar-refractivity contribution >= 4 is 21.8 Å². The molecule has 0 aliphatic heterocycles. The fourth-order valence-corrected chi connectivity index (χ4v) is 2.16. The summed E-state index contributed by atoms with van der Waals surface area (Å²) in [6.45, 7) is 4.24. The van der Waals surface area contributed by atoms with Gasteiger partial charge in [0, 0.05) is 16.8 Å². The Kier molecular flexibility index (Phi) is 3.77. The molecule has 0 heterocycles. The molecule has 1 rings (SSSR count). The number of carbonyl (C=O) groups is 1. The molecule has 2 nitrogen and oxygen atoms in total. The van der Waals surface area contributed by atoms with Crippen LogP contribution in [-0.2, 0) is 4.79 Å². The van der Waals surface area contributed by atoms with Gasteiger partial charge in [0.1, 0.15) is 0 Å². The smallest absolute Gasteiger partial charge is 0.223 e. The molecule has 1 aliphatic carbocycles. The minimum Gasteiger partial charge on any atom is -0.351 e. The van der Waals surface area contributed by atoms with Gasteiger partial charge in [0.25, 0.3) is 0 Å². The Morgan fingerprint density at radius 1 is 1.62 bits per heavy atom. The fraction of sp³-hybridized carbons (Fsp3) is 0.900. The Labute approximate surface area is 88.6 Å². The summed E-state index contributed by atoms with van der Waals surface area (Å²) in [4.78, 5) is 11.5. The van der Waals surface area contributed by atoms with Crippen LogP contribution >= 0.6 is 15.9 Å². The average Bonchev–Trinajstić information content (AvgIpc) is 2.87. The van der Waals surface area contributed by atoms with Crippen LogP contribution < -0.4 is 5.32 Å². The van der Waals surface area contributed by atoms with Crippen LogP contribution in [0.5, 0.6) is 0 Å². The average molecular weight is 248 g/mol. The van der Waals surface area contributed by atoms with Gasteiger partial charge in [-0.05, 0) is 32.6 Å². The molecule has 1 saturated carbocycles. The molecule has 1 amide bonds. The van der Waals surface area contributed by atoms with Crippen molar-refractivity contribution in [3.63, 3.8) is 0 Å². The molecule has 1 atom stereocenters.